The van der Waals surface area contributed by atoms with E-state index in [-0.39, 0.29) is 76.3 Å². The highest BCUT2D eigenvalue weighted by atomic mass is 16.6. The fourth-order valence-electron chi connectivity index (χ4n) is 14.4. The van der Waals surface area contributed by atoms with E-state index in [0.717, 1.165) is 31.3 Å². The number of carboxylic acids is 2. The van der Waals surface area contributed by atoms with Gasteiger partial charge in [0.05, 0.1) is 12.1 Å². The zero-order valence-corrected chi connectivity index (χ0v) is 73.0. The van der Waals surface area contributed by atoms with Crippen LogP contribution in [0.25, 0.3) is 21.5 Å². The van der Waals surface area contributed by atoms with Gasteiger partial charge < -0.3 is 70.9 Å². The van der Waals surface area contributed by atoms with Crippen LogP contribution in [0, 0.1) is 21.9 Å². The average molecular weight is 1710 g/mol. The molecule has 34 nitrogen and oxygen atoms in total. The maximum atomic E-state index is 15.5. The van der Waals surface area contributed by atoms with E-state index in [0.29, 0.717) is 22.3 Å². The average Bonchev–Trinajstić information content (AvgIpc) is 1.62. The van der Waals surface area contributed by atoms with E-state index in [9.17, 15) is 39.0 Å². The Hall–Kier alpha value is -12.8. The molecule has 0 saturated carbocycles. The highest BCUT2D eigenvalue weighted by Gasteiger charge is 2.49. The first-order valence-electron chi connectivity index (χ1n) is 41.3. The molecule has 14 unspecified atom stereocenters. The number of amides is 10. The maximum absolute atomic E-state index is 15.5. The minimum absolute atomic E-state index is 0.179. The van der Waals surface area contributed by atoms with Crippen LogP contribution in [0.5, 0.6) is 11.5 Å². The Morgan fingerprint density at radius 3 is 1.15 bits per heavy atom. The molecule has 0 aromatic heterocycles. The lowest BCUT2D eigenvalue weighted by Crippen LogP contribution is -2.61. The van der Waals surface area contributed by atoms with Crippen molar-refractivity contribution in [2.75, 3.05) is 40.4 Å². The summed E-state index contributed by atoms with van der Waals surface area (Å²) in [7, 11) is 2.75. The first-order chi connectivity index (χ1) is 58.3. The van der Waals surface area contributed by atoms with Crippen LogP contribution in [0.15, 0.2) is 154 Å². The third-order valence-electron chi connectivity index (χ3n) is 21.7. The Bertz CT molecular complexity index is 4670. The first-order valence-corrected chi connectivity index (χ1v) is 41.3. The maximum Gasteiger partial charge on any atom is 0.410 e. The SMILES string of the molecule is CC(C(=O)NC(C(=O)N1CC2CC1C(=O)NC(Cc1ccc3ccccc3c1)C(=O)NC(C(=O)O)Cc1ccc(cc1)OCC(N=N)C=NC1CC(C(=O)NC(Cc3ccc4ccccc4c3)C(=O)NC(C(=O)O)Cc3ccc(cc3)OCC(N=N)C=N2)N(C(=O)C(NC(=O)C(C)N(C)C(=O)OC(C)(C)C)C(C)(C)C)C1)C(C)(C)C)N(C)C(=O)OC(C)(C)C. The highest BCUT2D eigenvalue weighted by molar-refractivity contribution is 5.99. The smallest absolute Gasteiger partial charge is 0.410 e. The van der Waals surface area contributed by atoms with Gasteiger partial charge in [-0.15, -0.1) is 0 Å². The van der Waals surface area contributed by atoms with E-state index in [1.54, 1.807) is 119 Å². The number of hydrogen-bond acceptors (Lipinski definition) is 22. The van der Waals surface area contributed by atoms with Gasteiger partial charge in [0.1, 0.15) is 108 Å². The number of nitrogens with one attached hydrogen (secondary N) is 8. The van der Waals surface area contributed by atoms with Crippen molar-refractivity contribution in [3.8, 4) is 11.5 Å². The second kappa shape index (κ2) is 40.9. The number of ether oxygens (including phenoxy) is 4. The summed E-state index contributed by atoms with van der Waals surface area (Å²) in [6.45, 7) is 22.1. The third-order valence-corrected chi connectivity index (χ3v) is 21.7. The molecule has 8 bridgehead atoms. The summed E-state index contributed by atoms with van der Waals surface area (Å²) in [5, 5.41) is 49.1. The molecule has 2 saturated heterocycles. The van der Waals surface area contributed by atoms with E-state index in [4.69, 9.17) is 40.0 Å². The zero-order chi connectivity index (χ0) is 91.0. The lowest BCUT2D eigenvalue weighted by molar-refractivity contribution is -0.145. The van der Waals surface area contributed by atoms with Gasteiger partial charge in [0.2, 0.25) is 47.3 Å². The van der Waals surface area contributed by atoms with Gasteiger partial charge >= 0.3 is 24.1 Å². The largest absolute Gasteiger partial charge is 0.491 e. The molecule has 664 valence electrons. The molecule has 10 N–H and O–H groups in total. The predicted molar refractivity (Wildman–Crippen MR) is 462 cm³/mol. The van der Waals surface area contributed by atoms with Crippen molar-refractivity contribution in [1.82, 2.24) is 51.5 Å². The molecule has 14 atom stereocenters. The summed E-state index contributed by atoms with van der Waals surface area (Å²) in [6.07, 6.45) is -0.252. The predicted octanol–water partition coefficient (Wildman–Crippen LogP) is 8.60. The highest BCUT2D eigenvalue weighted by Crippen LogP contribution is 2.32. The second-order valence-corrected chi connectivity index (χ2v) is 35.9. The molecule has 124 heavy (non-hydrogen) atoms. The Balaban J connectivity index is 1.06. The molecule has 34 heteroatoms. The number of fused-ring (bicyclic) bond motifs is 2. The van der Waals surface area contributed by atoms with Gasteiger partial charge in [-0.2, -0.15) is 10.2 Å². The van der Waals surface area contributed by atoms with Crippen molar-refractivity contribution in [2.45, 2.75) is 231 Å². The Labute approximate surface area is 721 Å². The van der Waals surface area contributed by atoms with E-state index in [1.165, 1.54) is 74.4 Å². The summed E-state index contributed by atoms with van der Waals surface area (Å²) in [6, 6.07) is 20.1. The van der Waals surface area contributed by atoms with Gasteiger partial charge in [0.25, 0.3) is 0 Å². The Kier molecular flexibility index (Phi) is 31.4. The van der Waals surface area contributed by atoms with E-state index < -0.39 is 178 Å². The lowest BCUT2D eigenvalue weighted by atomic mass is 9.85. The number of rotatable bonds is 16. The van der Waals surface area contributed by atoms with Crippen LogP contribution < -0.4 is 41.4 Å². The Morgan fingerprint density at radius 2 is 0.839 bits per heavy atom. The number of nitrogens with zero attached hydrogens (tertiary/aromatic N) is 8. The van der Waals surface area contributed by atoms with Gasteiger partial charge in [-0.05, 0) is 134 Å². The van der Waals surface area contributed by atoms with Crippen LogP contribution in [0.3, 0.4) is 0 Å². The van der Waals surface area contributed by atoms with Crippen molar-refractivity contribution in [3.05, 3.63) is 156 Å². The van der Waals surface area contributed by atoms with Gasteiger partial charge in [0, 0.05) is 78.1 Å². The van der Waals surface area contributed by atoms with Gasteiger partial charge in [-0.25, -0.2) is 30.2 Å². The number of hydrogen-bond donors (Lipinski definition) is 10. The summed E-state index contributed by atoms with van der Waals surface area (Å²) >= 11 is 0. The molecular weight excluding hydrogens is 1590 g/mol. The molecule has 0 radical (unpaired) electrons. The van der Waals surface area contributed by atoms with Gasteiger partial charge in [-0.1, -0.05) is 151 Å². The third kappa shape index (κ3) is 26.1. The monoisotopic (exact) mass is 1710 g/mol. The molecule has 10 amide bonds. The second-order valence-electron chi connectivity index (χ2n) is 35.9. The number of carbonyl (C=O) groups is 12. The van der Waals surface area contributed by atoms with Crippen LogP contribution in [-0.2, 0) is 83.1 Å². The number of aliphatic carboxylic acids is 2. The summed E-state index contributed by atoms with van der Waals surface area (Å²) in [4.78, 5) is 188. The molecule has 6 aliphatic heterocycles. The molecule has 12 rings (SSSR count). The van der Waals surface area contributed by atoms with Crippen LogP contribution in [0.2, 0.25) is 0 Å². The van der Waals surface area contributed by atoms with E-state index in [1.807, 2.05) is 72.8 Å². The minimum atomic E-state index is -1.60. The molecular formula is C90H116N16O18. The lowest BCUT2D eigenvalue weighted by Gasteiger charge is -2.37. The van der Waals surface area contributed by atoms with Crippen molar-refractivity contribution >= 4 is 105 Å². The van der Waals surface area contributed by atoms with Crippen LogP contribution in [0.4, 0.5) is 9.59 Å². The normalized spacial score (nSPS) is 22.1. The number of likely N-dealkylation sites (tertiary alicyclic amines) is 2. The minimum Gasteiger partial charge on any atom is -0.491 e. The molecule has 0 spiro atoms. The quantitative estimate of drug-likeness (QED) is 0.0405. The number of benzene rings is 6. The fraction of sp³-hybridized carbons (Fsp3) is 0.489. The van der Waals surface area contributed by atoms with E-state index >= 15 is 28.8 Å². The number of carboxylic acid groups (broad SMARTS) is 2. The Morgan fingerprint density at radius 1 is 0.500 bits per heavy atom. The van der Waals surface area contributed by atoms with Crippen molar-refractivity contribution in [1.29, 1.82) is 11.1 Å². The summed E-state index contributed by atoms with van der Waals surface area (Å²) in [5.74, 6) is -8.78. The van der Waals surface area contributed by atoms with Crippen LogP contribution in [-0.4, -0.2) is 250 Å². The molecule has 2 fully saturated rings. The molecule has 6 heterocycles. The number of aliphatic imine (C=N–C) groups is 2. The standard InChI is InChI=1S/C90H116N16O18/c1-51(103(15)85(119)123-89(9,10)11)75(107)99-73(87(3,4)5)81(113)105-47-61-43-71(105)79(111)95-67(41-55-25-31-57-21-17-19-23-59(57)37-55)77(109)97-69(83(115)116)39-53-29-35-66(36-30-53)122-50-64(102-92)46-94-62-44-72(106(48-62)82(114)74(88(6,7)8)100-76(108)52(2)104(16)86(120)124-90(12,13)14)80(112)96-68(42-56-26-32-58-22-18-20-24-60(58)38-56)78(110)98-70(84(117)118)40-54-27-33-65(34-28-54)121-49-63(101-91)45-93-61/h17-38,45-46,51-52,61-64,67-74,91-92H,39-44,47-50H2,1-16H3,(H,95,111)(H,96,112)(H,97,109)(H,98,110)(H,99,107)(H,100,108)(H,115,116)(H,117,118). The fourth-order valence-corrected chi connectivity index (χ4v) is 14.4. The van der Waals surface area contributed by atoms with Crippen LogP contribution in [0.1, 0.15) is 132 Å². The number of carbonyl (C=O) groups excluding carboxylic acids is 10. The molecule has 0 aliphatic carbocycles. The molecule has 6 aromatic rings. The topological polar surface area (TPSA) is 465 Å². The van der Waals surface area contributed by atoms with E-state index in [2.05, 4.69) is 42.1 Å². The zero-order valence-electron chi connectivity index (χ0n) is 73.0. The molecule has 6 aliphatic rings. The first kappa shape index (κ1) is 95.1. The van der Waals surface area contributed by atoms with Crippen molar-refractivity contribution in [3.63, 3.8) is 0 Å². The van der Waals surface area contributed by atoms with Crippen molar-refractivity contribution in [2.24, 2.45) is 31.0 Å². The summed E-state index contributed by atoms with van der Waals surface area (Å²) < 4.78 is 23.3. The van der Waals surface area contributed by atoms with Crippen LogP contribution >= 0.6 is 0 Å². The summed E-state index contributed by atoms with van der Waals surface area (Å²) in [5.41, 5.74) is 14.5. The van der Waals surface area contributed by atoms with Gasteiger partial charge in [-0.3, -0.25) is 58.1 Å². The van der Waals surface area contributed by atoms with Gasteiger partial charge in [0.15, 0.2) is 0 Å². The molecule has 6 aromatic carbocycles. The number of likely N-dealkylation sites (N-methyl/N-ethyl adjacent to an activating group) is 2. The van der Waals surface area contributed by atoms with Crippen molar-refractivity contribution < 1.29 is 86.7 Å².